The Bertz CT molecular complexity index is 363. The van der Waals surface area contributed by atoms with Crippen LogP contribution in [0.3, 0.4) is 0 Å². The second-order valence-corrected chi connectivity index (χ2v) is 3.72. The summed E-state index contributed by atoms with van der Waals surface area (Å²) >= 11 is 0. The van der Waals surface area contributed by atoms with Crippen molar-refractivity contribution < 1.29 is 14.6 Å². The van der Waals surface area contributed by atoms with E-state index in [1.165, 1.54) is 18.7 Å². The summed E-state index contributed by atoms with van der Waals surface area (Å²) in [5.41, 5.74) is 2.23. The summed E-state index contributed by atoms with van der Waals surface area (Å²) < 4.78 is 0. The molecule has 0 fully saturated rings. The van der Waals surface area contributed by atoms with Gasteiger partial charge in [0.15, 0.2) is 0 Å². The van der Waals surface area contributed by atoms with E-state index in [9.17, 15) is 4.79 Å². The Morgan fingerprint density at radius 3 is 2.38 bits per heavy atom. The van der Waals surface area contributed by atoms with Gasteiger partial charge in [-0.3, -0.25) is 4.89 Å². The van der Waals surface area contributed by atoms with Crippen LogP contribution in [0.1, 0.15) is 30.9 Å². The average molecular weight is 220 g/mol. The zero-order chi connectivity index (χ0) is 12.0. The van der Waals surface area contributed by atoms with Crippen LogP contribution in [0, 0.1) is 0 Å². The first-order valence-corrected chi connectivity index (χ1v) is 5.16. The summed E-state index contributed by atoms with van der Waals surface area (Å²) in [5.74, 6) is -0.00748. The largest absolute Gasteiger partial charge is 0.365 e. The minimum absolute atomic E-state index is 0.511. The van der Waals surface area contributed by atoms with E-state index in [-0.39, 0.29) is 0 Å². The van der Waals surface area contributed by atoms with E-state index in [4.69, 9.17) is 0 Å². The van der Waals surface area contributed by atoms with Gasteiger partial charge >= 0.3 is 5.97 Å². The van der Waals surface area contributed by atoms with E-state index >= 15 is 0 Å². The molecule has 0 heterocycles. The fourth-order valence-electron chi connectivity index (χ4n) is 1.27. The SMILES string of the molecule is COOC(=O)C=Cc1ccc(C(C)C)cc1. The molecule has 3 nitrogen and oxygen atoms in total. The number of benzene rings is 1. The monoisotopic (exact) mass is 220 g/mol. The Hall–Kier alpha value is -1.61. The van der Waals surface area contributed by atoms with Crippen LogP contribution in [0.15, 0.2) is 30.3 Å². The molecule has 16 heavy (non-hydrogen) atoms. The van der Waals surface area contributed by atoms with Crippen LogP contribution >= 0.6 is 0 Å². The summed E-state index contributed by atoms with van der Waals surface area (Å²) in [5, 5.41) is 0. The Kier molecular flexibility index (Phi) is 4.73. The van der Waals surface area contributed by atoms with E-state index < -0.39 is 5.97 Å². The van der Waals surface area contributed by atoms with Gasteiger partial charge in [-0.25, -0.2) is 4.79 Å². The van der Waals surface area contributed by atoms with Gasteiger partial charge in [-0.15, -0.1) is 0 Å². The Labute approximate surface area is 95.6 Å². The molecule has 0 N–H and O–H groups in total. The van der Waals surface area contributed by atoms with Crippen molar-refractivity contribution in [2.75, 3.05) is 7.11 Å². The Morgan fingerprint density at radius 1 is 1.25 bits per heavy atom. The normalized spacial score (nSPS) is 11.0. The second kappa shape index (κ2) is 6.08. The molecule has 86 valence electrons. The number of carbonyl (C=O) groups excluding carboxylic acids is 1. The third-order valence-electron chi connectivity index (χ3n) is 2.18. The van der Waals surface area contributed by atoms with Crippen molar-refractivity contribution in [3.05, 3.63) is 41.5 Å². The molecule has 0 aliphatic rings. The maximum Gasteiger partial charge on any atom is 0.365 e. The predicted molar refractivity (Wildman–Crippen MR) is 62.7 cm³/mol. The van der Waals surface area contributed by atoms with Crippen LogP contribution in [0.4, 0.5) is 0 Å². The van der Waals surface area contributed by atoms with Crippen molar-refractivity contribution in [2.24, 2.45) is 0 Å². The standard InChI is InChI=1S/C13H16O3/c1-10(2)12-7-4-11(5-8-12)6-9-13(14)16-15-3/h4-10H,1-3H3. The number of rotatable bonds is 4. The van der Waals surface area contributed by atoms with E-state index in [0.29, 0.717) is 5.92 Å². The molecule has 0 saturated heterocycles. The van der Waals surface area contributed by atoms with Crippen LogP contribution in [0.25, 0.3) is 6.08 Å². The number of carbonyl (C=O) groups is 1. The Morgan fingerprint density at radius 2 is 1.88 bits per heavy atom. The van der Waals surface area contributed by atoms with Gasteiger partial charge in [0.2, 0.25) is 0 Å². The van der Waals surface area contributed by atoms with Crippen molar-refractivity contribution >= 4 is 12.0 Å². The molecule has 0 spiro atoms. The van der Waals surface area contributed by atoms with Crippen LogP contribution in [-0.2, 0) is 14.6 Å². The minimum Gasteiger partial charge on any atom is -0.294 e. The molecular formula is C13H16O3. The topological polar surface area (TPSA) is 35.5 Å². The van der Waals surface area contributed by atoms with Crippen LogP contribution < -0.4 is 0 Å². The lowest BCUT2D eigenvalue weighted by atomic mass is 10.0. The summed E-state index contributed by atoms with van der Waals surface area (Å²) in [6.07, 6.45) is 3.01. The van der Waals surface area contributed by atoms with Gasteiger partial charge in [-0.2, -0.15) is 4.89 Å². The van der Waals surface area contributed by atoms with Crippen molar-refractivity contribution in [1.29, 1.82) is 0 Å². The quantitative estimate of drug-likeness (QED) is 0.444. The maximum absolute atomic E-state index is 11.0. The highest BCUT2D eigenvalue weighted by molar-refractivity contribution is 5.86. The van der Waals surface area contributed by atoms with Crippen molar-refractivity contribution in [3.63, 3.8) is 0 Å². The van der Waals surface area contributed by atoms with Gasteiger partial charge in [-0.1, -0.05) is 38.1 Å². The van der Waals surface area contributed by atoms with E-state index in [2.05, 4.69) is 23.6 Å². The second-order valence-electron chi connectivity index (χ2n) is 3.72. The fraction of sp³-hybridized carbons (Fsp3) is 0.308. The van der Waals surface area contributed by atoms with Gasteiger partial charge in [0.1, 0.15) is 0 Å². The van der Waals surface area contributed by atoms with Gasteiger partial charge in [0.05, 0.1) is 7.11 Å². The molecule has 0 unspecified atom stereocenters. The minimum atomic E-state index is -0.518. The zero-order valence-corrected chi connectivity index (χ0v) is 9.77. The van der Waals surface area contributed by atoms with E-state index in [1.807, 2.05) is 24.3 Å². The van der Waals surface area contributed by atoms with Gasteiger partial charge in [0, 0.05) is 6.08 Å². The van der Waals surface area contributed by atoms with E-state index in [1.54, 1.807) is 6.08 Å². The van der Waals surface area contributed by atoms with Crippen molar-refractivity contribution in [2.45, 2.75) is 19.8 Å². The molecule has 0 aromatic heterocycles. The lowest BCUT2D eigenvalue weighted by Gasteiger charge is -2.04. The molecule has 1 rings (SSSR count). The van der Waals surface area contributed by atoms with Crippen LogP contribution in [0.2, 0.25) is 0 Å². The number of hydrogen-bond donors (Lipinski definition) is 0. The van der Waals surface area contributed by atoms with Crippen molar-refractivity contribution in [3.8, 4) is 0 Å². The summed E-state index contributed by atoms with van der Waals surface area (Å²) in [4.78, 5) is 19.5. The maximum atomic E-state index is 11.0. The number of hydrogen-bond acceptors (Lipinski definition) is 3. The molecule has 0 aliphatic heterocycles. The first-order chi connectivity index (χ1) is 7.63. The summed E-state index contributed by atoms with van der Waals surface area (Å²) in [6.45, 7) is 4.28. The third-order valence-corrected chi connectivity index (χ3v) is 2.18. The van der Waals surface area contributed by atoms with E-state index in [0.717, 1.165) is 5.56 Å². The highest BCUT2D eigenvalue weighted by atomic mass is 17.2. The highest BCUT2D eigenvalue weighted by Gasteiger charge is 1.98. The van der Waals surface area contributed by atoms with Gasteiger partial charge in [-0.05, 0) is 23.1 Å². The average Bonchev–Trinajstić information content (AvgIpc) is 2.27. The molecule has 0 atom stereocenters. The van der Waals surface area contributed by atoms with Gasteiger partial charge < -0.3 is 0 Å². The highest BCUT2D eigenvalue weighted by Crippen LogP contribution is 2.15. The first-order valence-electron chi connectivity index (χ1n) is 5.16. The molecule has 1 aromatic rings. The lowest BCUT2D eigenvalue weighted by molar-refractivity contribution is -0.249. The predicted octanol–water partition coefficient (Wildman–Crippen LogP) is 2.93. The molecule has 3 heteroatoms. The van der Waals surface area contributed by atoms with Crippen LogP contribution in [0.5, 0.6) is 0 Å². The molecule has 0 bridgehead atoms. The lowest BCUT2D eigenvalue weighted by Crippen LogP contribution is -1.97. The fourth-order valence-corrected chi connectivity index (χ4v) is 1.27. The summed E-state index contributed by atoms with van der Waals surface area (Å²) in [6, 6.07) is 8.02. The van der Waals surface area contributed by atoms with Crippen molar-refractivity contribution in [1.82, 2.24) is 0 Å². The van der Waals surface area contributed by atoms with Gasteiger partial charge in [0.25, 0.3) is 0 Å². The molecule has 0 saturated carbocycles. The molecule has 0 radical (unpaired) electrons. The molecule has 0 aliphatic carbocycles. The first kappa shape index (κ1) is 12.5. The molecule has 0 amide bonds. The molecular weight excluding hydrogens is 204 g/mol. The van der Waals surface area contributed by atoms with Crippen LogP contribution in [-0.4, -0.2) is 13.1 Å². The zero-order valence-electron chi connectivity index (χ0n) is 9.77. The Balaban J connectivity index is 2.65. The molecule has 1 aromatic carbocycles. The third kappa shape index (κ3) is 3.87. The smallest absolute Gasteiger partial charge is 0.294 e. The summed E-state index contributed by atoms with van der Waals surface area (Å²) in [7, 11) is 1.29.